The molecule has 0 saturated heterocycles. The van der Waals surface area contributed by atoms with Crippen molar-refractivity contribution in [1.29, 1.82) is 0 Å². The van der Waals surface area contributed by atoms with Crippen LogP contribution in [-0.4, -0.2) is 29.2 Å². The first kappa shape index (κ1) is 15.9. The normalized spacial score (nSPS) is 13.7. The van der Waals surface area contributed by atoms with E-state index in [0.717, 1.165) is 4.90 Å². The molecule has 122 valence electrons. The number of amides is 3. The Kier molecular flexibility index (Phi) is 4.12. The molecule has 2 aromatic carbocycles. The SMILES string of the molecule is Cc1ccc(NC(=O)CN2C(=O)Cc3ccccc3C2=O)cc1F. The Balaban J connectivity index is 1.73. The molecule has 24 heavy (non-hydrogen) atoms. The predicted octanol–water partition coefficient (Wildman–Crippen LogP) is 2.30. The molecule has 3 amide bonds. The van der Waals surface area contributed by atoms with Crippen LogP contribution in [-0.2, 0) is 16.0 Å². The number of carbonyl (C=O) groups excluding carboxylic acids is 3. The van der Waals surface area contributed by atoms with Crippen LogP contribution >= 0.6 is 0 Å². The van der Waals surface area contributed by atoms with Gasteiger partial charge in [0.1, 0.15) is 12.4 Å². The molecule has 0 unspecified atom stereocenters. The van der Waals surface area contributed by atoms with Gasteiger partial charge in [-0.05, 0) is 36.2 Å². The van der Waals surface area contributed by atoms with E-state index in [2.05, 4.69) is 5.32 Å². The average Bonchev–Trinajstić information content (AvgIpc) is 2.55. The lowest BCUT2D eigenvalue weighted by atomic mass is 9.98. The number of benzene rings is 2. The van der Waals surface area contributed by atoms with Crippen molar-refractivity contribution in [3.8, 4) is 0 Å². The summed E-state index contributed by atoms with van der Waals surface area (Å²) in [6, 6.07) is 11.1. The Morgan fingerprint density at radius 3 is 2.71 bits per heavy atom. The van der Waals surface area contributed by atoms with Crippen molar-refractivity contribution in [3.63, 3.8) is 0 Å². The molecule has 1 aliphatic rings. The topological polar surface area (TPSA) is 66.5 Å². The number of aryl methyl sites for hydroxylation is 1. The minimum Gasteiger partial charge on any atom is -0.324 e. The van der Waals surface area contributed by atoms with Crippen LogP contribution < -0.4 is 5.32 Å². The summed E-state index contributed by atoms with van der Waals surface area (Å²) in [5.41, 5.74) is 1.82. The smallest absolute Gasteiger partial charge is 0.261 e. The van der Waals surface area contributed by atoms with E-state index in [-0.39, 0.29) is 12.1 Å². The lowest BCUT2D eigenvalue weighted by Gasteiger charge is -2.26. The summed E-state index contributed by atoms with van der Waals surface area (Å²) in [5.74, 6) is -1.91. The molecular formula is C18H15FN2O3. The van der Waals surface area contributed by atoms with E-state index >= 15 is 0 Å². The van der Waals surface area contributed by atoms with Gasteiger partial charge in [0.15, 0.2) is 0 Å². The van der Waals surface area contributed by atoms with Gasteiger partial charge >= 0.3 is 0 Å². The van der Waals surface area contributed by atoms with Gasteiger partial charge in [0.2, 0.25) is 11.8 Å². The van der Waals surface area contributed by atoms with E-state index in [1.807, 2.05) is 0 Å². The second kappa shape index (κ2) is 6.23. The molecule has 6 heteroatoms. The van der Waals surface area contributed by atoms with E-state index in [1.54, 1.807) is 43.3 Å². The van der Waals surface area contributed by atoms with Gasteiger partial charge in [-0.3, -0.25) is 19.3 Å². The van der Waals surface area contributed by atoms with Crippen molar-refractivity contribution in [3.05, 3.63) is 65.0 Å². The summed E-state index contributed by atoms with van der Waals surface area (Å²) >= 11 is 0. The molecule has 0 radical (unpaired) electrons. The summed E-state index contributed by atoms with van der Waals surface area (Å²) in [6.07, 6.45) is 0.0777. The van der Waals surface area contributed by atoms with Crippen LogP contribution in [0.4, 0.5) is 10.1 Å². The van der Waals surface area contributed by atoms with Crippen LogP contribution in [0.15, 0.2) is 42.5 Å². The molecule has 0 aliphatic carbocycles. The maximum atomic E-state index is 13.5. The lowest BCUT2D eigenvalue weighted by molar-refractivity contribution is -0.131. The molecule has 0 bridgehead atoms. The van der Waals surface area contributed by atoms with Crippen LogP contribution in [0.5, 0.6) is 0 Å². The highest BCUT2D eigenvalue weighted by Crippen LogP contribution is 2.20. The molecule has 0 atom stereocenters. The van der Waals surface area contributed by atoms with Crippen LogP contribution in [0.2, 0.25) is 0 Å². The van der Waals surface area contributed by atoms with Crippen molar-refractivity contribution in [2.45, 2.75) is 13.3 Å². The van der Waals surface area contributed by atoms with E-state index in [0.29, 0.717) is 16.7 Å². The number of anilines is 1. The van der Waals surface area contributed by atoms with E-state index in [4.69, 9.17) is 0 Å². The zero-order chi connectivity index (χ0) is 17.3. The summed E-state index contributed by atoms with van der Waals surface area (Å²) in [4.78, 5) is 37.5. The molecule has 0 fully saturated rings. The Bertz CT molecular complexity index is 848. The van der Waals surface area contributed by atoms with Crippen molar-refractivity contribution in [2.75, 3.05) is 11.9 Å². The first-order valence-corrected chi connectivity index (χ1v) is 7.44. The number of nitrogens with zero attached hydrogens (tertiary/aromatic N) is 1. The number of halogens is 1. The molecular weight excluding hydrogens is 311 g/mol. The predicted molar refractivity (Wildman–Crippen MR) is 86.0 cm³/mol. The monoisotopic (exact) mass is 326 g/mol. The van der Waals surface area contributed by atoms with Gasteiger partial charge in [-0.2, -0.15) is 0 Å². The maximum Gasteiger partial charge on any atom is 0.261 e. The van der Waals surface area contributed by atoms with Crippen LogP contribution in [0.25, 0.3) is 0 Å². The maximum absolute atomic E-state index is 13.5. The Labute approximate surface area is 138 Å². The van der Waals surface area contributed by atoms with Crippen LogP contribution in [0, 0.1) is 12.7 Å². The standard InChI is InChI=1S/C18H15FN2O3/c1-11-6-7-13(9-15(11)19)20-16(22)10-21-17(23)8-12-4-2-3-5-14(12)18(21)24/h2-7,9H,8,10H2,1H3,(H,20,22). The number of nitrogens with one attached hydrogen (secondary N) is 1. The third-order valence-electron chi connectivity index (χ3n) is 3.89. The zero-order valence-corrected chi connectivity index (χ0v) is 13.0. The fourth-order valence-corrected chi connectivity index (χ4v) is 2.57. The Morgan fingerprint density at radius 1 is 1.21 bits per heavy atom. The quantitative estimate of drug-likeness (QED) is 0.880. The van der Waals surface area contributed by atoms with E-state index in [9.17, 15) is 18.8 Å². The van der Waals surface area contributed by atoms with Crippen molar-refractivity contribution in [2.24, 2.45) is 0 Å². The first-order chi connectivity index (χ1) is 11.5. The van der Waals surface area contributed by atoms with Crippen LogP contribution in [0.3, 0.4) is 0 Å². The molecule has 0 spiro atoms. The molecule has 0 saturated carbocycles. The fourth-order valence-electron chi connectivity index (χ4n) is 2.57. The van der Waals surface area contributed by atoms with Gasteiger partial charge in [0.25, 0.3) is 5.91 Å². The third-order valence-corrected chi connectivity index (χ3v) is 3.89. The third kappa shape index (κ3) is 3.03. The molecule has 1 heterocycles. The summed E-state index contributed by atoms with van der Waals surface area (Å²) in [7, 11) is 0. The van der Waals surface area contributed by atoms with E-state index in [1.165, 1.54) is 6.07 Å². The largest absolute Gasteiger partial charge is 0.324 e. The second-order valence-electron chi connectivity index (χ2n) is 5.63. The van der Waals surface area contributed by atoms with Crippen molar-refractivity contribution in [1.82, 2.24) is 4.90 Å². The number of hydrogen-bond donors (Lipinski definition) is 1. The second-order valence-corrected chi connectivity index (χ2v) is 5.63. The molecule has 1 N–H and O–H groups in total. The van der Waals surface area contributed by atoms with Crippen molar-refractivity contribution < 1.29 is 18.8 Å². The van der Waals surface area contributed by atoms with Gasteiger partial charge in [-0.15, -0.1) is 0 Å². The molecule has 0 aromatic heterocycles. The summed E-state index contributed by atoms with van der Waals surface area (Å²) < 4.78 is 13.5. The van der Waals surface area contributed by atoms with Crippen LogP contribution in [0.1, 0.15) is 21.5 Å². The highest BCUT2D eigenvalue weighted by molar-refractivity contribution is 6.12. The van der Waals surface area contributed by atoms with Gasteiger partial charge in [0.05, 0.1) is 6.42 Å². The molecule has 1 aliphatic heterocycles. The molecule has 3 rings (SSSR count). The van der Waals surface area contributed by atoms with Gasteiger partial charge < -0.3 is 5.32 Å². The van der Waals surface area contributed by atoms with E-state index < -0.39 is 30.1 Å². The molecule has 5 nitrogen and oxygen atoms in total. The number of rotatable bonds is 3. The van der Waals surface area contributed by atoms with Gasteiger partial charge in [-0.25, -0.2) is 4.39 Å². The highest BCUT2D eigenvalue weighted by Gasteiger charge is 2.31. The van der Waals surface area contributed by atoms with Crippen molar-refractivity contribution >= 4 is 23.4 Å². The average molecular weight is 326 g/mol. The fraction of sp³-hybridized carbons (Fsp3) is 0.167. The molecule has 2 aromatic rings. The van der Waals surface area contributed by atoms with Gasteiger partial charge in [0, 0.05) is 11.3 Å². The zero-order valence-electron chi connectivity index (χ0n) is 13.0. The Hall–Kier alpha value is -3.02. The van der Waals surface area contributed by atoms with Gasteiger partial charge in [-0.1, -0.05) is 24.3 Å². The Morgan fingerprint density at radius 2 is 1.96 bits per heavy atom. The number of fused-ring (bicyclic) bond motifs is 1. The highest BCUT2D eigenvalue weighted by atomic mass is 19.1. The summed E-state index contributed by atoms with van der Waals surface area (Å²) in [6.45, 7) is 1.21. The number of carbonyl (C=O) groups is 3. The first-order valence-electron chi connectivity index (χ1n) is 7.44. The lowest BCUT2D eigenvalue weighted by Crippen LogP contribution is -2.46. The minimum atomic E-state index is -0.556. The number of hydrogen-bond acceptors (Lipinski definition) is 3. The summed E-state index contributed by atoms with van der Waals surface area (Å²) in [5, 5.41) is 2.50. The number of imide groups is 1. The minimum absolute atomic E-state index is 0.0777.